The van der Waals surface area contributed by atoms with E-state index in [4.69, 9.17) is 4.74 Å². The topological polar surface area (TPSA) is 59.5 Å². The lowest BCUT2D eigenvalue weighted by molar-refractivity contribution is -0.154. The molecule has 1 aliphatic carbocycles. The van der Waals surface area contributed by atoms with E-state index < -0.39 is 0 Å². The minimum absolute atomic E-state index is 0.0278. The number of benzene rings is 1. The molecule has 1 aromatic heterocycles. The first kappa shape index (κ1) is 18.4. The Hall–Kier alpha value is -1.95. The van der Waals surface area contributed by atoms with E-state index in [1.54, 1.807) is 11.3 Å². The average Bonchev–Trinajstić information content (AvgIpc) is 3.13. The van der Waals surface area contributed by atoms with Crippen molar-refractivity contribution in [2.24, 2.45) is 5.92 Å². The molecule has 0 N–H and O–H groups in total. The van der Waals surface area contributed by atoms with Gasteiger partial charge in [0.1, 0.15) is 0 Å². The minimum Gasteiger partial charge on any atom is -0.456 e. The third kappa shape index (κ3) is 4.32. The van der Waals surface area contributed by atoms with E-state index in [0.717, 1.165) is 34.6 Å². The Kier molecular flexibility index (Phi) is 5.72. The molecule has 1 aliphatic heterocycles. The molecule has 1 saturated heterocycles. The van der Waals surface area contributed by atoms with Gasteiger partial charge in [0.05, 0.1) is 21.6 Å². The maximum absolute atomic E-state index is 12.6. The molecule has 1 saturated carbocycles. The van der Waals surface area contributed by atoms with Crippen molar-refractivity contribution in [3.05, 3.63) is 29.3 Å². The first-order valence-corrected chi connectivity index (χ1v) is 10.8. The zero-order valence-electron chi connectivity index (χ0n) is 15.6. The van der Waals surface area contributed by atoms with Crippen LogP contribution in [-0.2, 0) is 20.7 Å². The highest BCUT2D eigenvalue weighted by molar-refractivity contribution is 7.18. The Morgan fingerprint density at radius 2 is 1.96 bits per heavy atom. The van der Waals surface area contributed by atoms with Gasteiger partial charge in [-0.05, 0) is 43.7 Å². The molecule has 1 aromatic carbocycles. The van der Waals surface area contributed by atoms with Crippen LogP contribution in [0.1, 0.15) is 50.0 Å². The zero-order valence-corrected chi connectivity index (χ0v) is 16.4. The van der Waals surface area contributed by atoms with E-state index in [9.17, 15) is 9.59 Å². The van der Waals surface area contributed by atoms with Crippen LogP contribution < -0.4 is 0 Å². The highest BCUT2D eigenvalue weighted by Gasteiger charge is 2.35. The third-order valence-electron chi connectivity index (χ3n) is 5.80. The van der Waals surface area contributed by atoms with Crippen molar-refractivity contribution in [3.8, 4) is 0 Å². The van der Waals surface area contributed by atoms with Gasteiger partial charge in [0.15, 0.2) is 6.61 Å². The number of aromatic nitrogens is 1. The SMILES string of the molecule is O=C(CCc1nc2ccccc2s1)OCC(=O)N1CCC[C@@H]2CCCC[C@H]21. The quantitative estimate of drug-likeness (QED) is 0.730. The molecule has 2 atom stereocenters. The lowest BCUT2D eigenvalue weighted by atomic mass is 9.78. The maximum Gasteiger partial charge on any atom is 0.306 e. The Bertz CT molecular complexity index is 784. The fourth-order valence-electron chi connectivity index (χ4n) is 4.47. The summed E-state index contributed by atoms with van der Waals surface area (Å²) in [5.41, 5.74) is 0.966. The Balaban J connectivity index is 1.25. The standard InChI is InChI=1S/C21H26N2O3S/c24-20(23-13-5-7-15-6-1-3-9-17(15)23)14-26-21(25)12-11-19-22-16-8-2-4-10-18(16)27-19/h2,4,8,10,15,17H,1,3,5-7,9,11-14H2/t15-,17+/m0/s1. The van der Waals surface area contributed by atoms with Crippen molar-refractivity contribution in [1.29, 1.82) is 0 Å². The number of rotatable bonds is 5. The van der Waals surface area contributed by atoms with Gasteiger partial charge in [-0.1, -0.05) is 25.0 Å². The number of esters is 1. The molecule has 2 aromatic rings. The number of thiazole rings is 1. The summed E-state index contributed by atoms with van der Waals surface area (Å²) >= 11 is 1.60. The van der Waals surface area contributed by atoms with Gasteiger partial charge in [0.2, 0.25) is 0 Å². The van der Waals surface area contributed by atoms with Crippen LogP contribution in [0, 0.1) is 5.92 Å². The molecule has 4 rings (SSSR count). The molecule has 0 unspecified atom stereocenters. The van der Waals surface area contributed by atoms with Crippen LogP contribution in [0.15, 0.2) is 24.3 Å². The van der Waals surface area contributed by atoms with Crippen LogP contribution in [0.5, 0.6) is 0 Å². The Labute approximate surface area is 163 Å². The van der Waals surface area contributed by atoms with Crippen molar-refractivity contribution in [1.82, 2.24) is 9.88 Å². The molecule has 6 heteroatoms. The van der Waals surface area contributed by atoms with E-state index in [1.807, 2.05) is 29.2 Å². The average molecular weight is 387 g/mol. The first-order valence-electron chi connectivity index (χ1n) is 10.0. The number of carbonyl (C=O) groups is 2. The van der Waals surface area contributed by atoms with E-state index in [-0.39, 0.29) is 24.9 Å². The summed E-state index contributed by atoms with van der Waals surface area (Å²) in [5.74, 6) is 0.297. The summed E-state index contributed by atoms with van der Waals surface area (Å²) in [7, 11) is 0. The number of likely N-dealkylation sites (tertiary alicyclic amines) is 1. The number of nitrogens with zero attached hydrogens (tertiary/aromatic N) is 2. The number of amides is 1. The fraction of sp³-hybridized carbons (Fsp3) is 0.571. The van der Waals surface area contributed by atoms with Gasteiger partial charge in [-0.3, -0.25) is 9.59 Å². The van der Waals surface area contributed by atoms with Crippen molar-refractivity contribution < 1.29 is 14.3 Å². The molecule has 2 fully saturated rings. The van der Waals surface area contributed by atoms with Crippen LogP contribution in [0.3, 0.4) is 0 Å². The van der Waals surface area contributed by atoms with Gasteiger partial charge in [-0.2, -0.15) is 0 Å². The van der Waals surface area contributed by atoms with Gasteiger partial charge >= 0.3 is 5.97 Å². The molecule has 0 spiro atoms. The van der Waals surface area contributed by atoms with Crippen LogP contribution in [-0.4, -0.2) is 41.0 Å². The number of hydrogen-bond acceptors (Lipinski definition) is 5. The highest BCUT2D eigenvalue weighted by Crippen LogP contribution is 2.35. The largest absolute Gasteiger partial charge is 0.456 e. The molecule has 5 nitrogen and oxygen atoms in total. The van der Waals surface area contributed by atoms with Crippen LogP contribution >= 0.6 is 11.3 Å². The molecule has 1 amide bonds. The molecule has 2 heterocycles. The number of fused-ring (bicyclic) bond motifs is 2. The number of para-hydroxylation sites is 1. The summed E-state index contributed by atoms with van der Waals surface area (Å²) in [4.78, 5) is 31.2. The smallest absolute Gasteiger partial charge is 0.306 e. The minimum atomic E-state index is -0.320. The number of ether oxygens (including phenoxy) is 1. The summed E-state index contributed by atoms with van der Waals surface area (Å²) in [6.07, 6.45) is 7.93. The predicted octanol–water partition coefficient (Wildman–Crippen LogP) is 3.95. The summed E-state index contributed by atoms with van der Waals surface area (Å²) in [5, 5.41) is 0.931. The maximum atomic E-state index is 12.6. The zero-order chi connectivity index (χ0) is 18.6. The monoisotopic (exact) mass is 386 g/mol. The molecule has 0 bridgehead atoms. The van der Waals surface area contributed by atoms with E-state index >= 15 is 0 Å². The van der Waals surface area contributed by atoms with Gasteiger partial charge in [0.25, 0.3) is 5.91 Å². The third-order valence-corrected chi connectivity index (χ3v) is 6.90. The lowest BCUT2D eigenvalue weighted by Crippen LogP contribution is -2.50. The second kappa shape index (κ2) is 8.38. The van der Waals surface area contributed by atoms with Crippen LogP contribution in [0.4, 0.5) is 0 Å². The summed E-state index contributed by atoms with van der Waals surface area (Å²) in [6.45, 7) is 0.686. The number of carbonyl (C=O) groups excluding carboxylic acids is 2. The van der Waals surface area contributed by atoms with Crippen LogP contribution in [0.2, 0.25) is 0 Å². The first-order chi connectivity index (χ1) is 13.2. The van der Waals surface area contributed by atoms with Crippen molar-refractivity contribution >= 4 is 33.4 Å². The second-order valence-corrected chi connectivity index (χ2v) is 8.69. The molecule has 144 valence electrons. The van der Waals surface area contributed by atoms with Gasteiger partial charge in [-0.25, -0.2) is 4.98 Å². The Morgan fingerprint density at radius 1 is 1.15 bits per heavy atom. The second-order valence-electron chi connectivity index (χ2n) is 7.58. The predicted molar refractivity (Wildman–Crippen MR) is 106 cm³/mol. The van der Waals surface area contributed by atoms with Crippen LogP contribution in [0.25, 0.3) is 10.2 Å². The van der Waals surface area contributed by atoms with E-state index in [2.05, 4.69) is 4.98 Å². The van der Waals surface area contributed by atoms with Gasteiger partial charge < -0.3 is 9.64 Å². The van der Waals surface area contributed by atoms with E-state index in [0.29, 0.717) is 18.4 Å². The normalized spacial score (nSPS) is 22.4. The van der Waals surface area contributed by atoms with E-state index in [1.165, 1.54) is 25.7 Å². The van der Waals surface area contributed by atoms with Gasteiger partial charge in [-0.15, -0.1) is 11.3 Å². The fourth-order valence-corrected chi connectivity index (χ4v) is 5.43. The molecular formula is C21H26N2O3S. The summed E-state index contributed by atoms with van der Waals surface area (Å²) in [6, 6.07) is 8.32. The van der Waals surface area contributed by atoms with Crippen molar-refractivity contribution in [2.75, 3.05) is 13.2 Å². The molecule has 0 radical (unpaired) electrons. The number of aryl methyl sites for hydroxylation is 1. The number of piperidine rings is 1. The number of hydrogen-bond donors (Lipinski definition) is 0. The molecule has 27 heavy (non-hydrogen) atoms. The molecule has 2 aliphatic rings. The molecular weight excluding hydrogens is 360 g/mol. The van der Waals surface area contributed by atoms with Gasteiger partial charge in [0, 0.05) is 19.0 Å². The highest BCUT2D eigenvalue weighted by atomic mass is 32.1. The van der Waals surface area contributed by atoms with Crippen molar-refractivity contribution in [3.63, 3.8) is 0 Å². The lowest BCUT2D eigenvalue weighted by Gasteiger charge is -2.44. The summed E-state index contributed by atoms with van der Waals surface area (Å²) < 4.78 is 6.41. The van der Waals surface area contributed by atoms with Crippen molar-refractivity contribution in [2.45, 2.75) is 57.4 Å². The Morgan fingerprint density at radius 3 is 2.85 bits per heavy atom.